The Labute approximate surface area is 120 Å². The summed E-state index contributed by atoms with van der Waals surface area (Å²) in [4.78, 5) is 12.1. The van der Waals surface area contributed by atoms with E-state index in [2.05, 4.69) is 10.1 Å². The molecule has 0 unspecified atom stereocenters. The third kappa shape index (κ3) is 3.68. The van der Waals surface area contributed by atoms with Crippen molar-refractivity contribution in [3.8, 4) is 11.5 Å². The number of anilines is 1. The van der Waals surface area contributed by atoms with Crippen molar-refractivity contribution < 1.29 is 23.4 Å². The first-order valence-corrected chi connectivity index (χ1v) is 6.12. The lowest BCUT2D eigenvalue weighted by molar-refractivity contribution is -0.0498. The van der Waals surface area contributed by atoms with Crippen LogP contribution >= 0.6 is 0 Å². The molecule has 0 aliphatic carbocycles. The van der Waals surface area contributed by atoms with Crippen molar-refractivity contribution in [2.45, 2.75) is 13.5 Å². The van der Waals surface area contributed by atoms with Gasteiger partial charge in [-0.15, -0.1) is 0 Å². The molecule has 2 aromatic rings. The Morgan fingerprint density at radius 2 is 1.86 bits per heavy atom. The van der Waals surface area contributed by atoms with Gasteiger partial charge in [0.1, 0.15) is 11.5 Å². The molecule has 0 heterocycles. The number of carbonyl (C=O) groups excluding carboxylic acids is 1. The lowest BCUT2D eigenvalue weighted by atomic mass is 10.1. The molecule has 0 aromatic heterocycles. The van der Waals surface area contributed by atoms with Crippen LogP contribution in [0.4, 0.5) is 14.5 Å². The van der Waals surface area contributed by atoms with E-state index in [9.17, 15) is 18.7 Å². The molecule has 0 fully saturated rings. The van der Waals surface area contributed by atoms with E-state index in [1.165, 1.54) is 30.3 Å². The molecule has 2 N–H and O–H groups in total. The van der Waals surface area contributed by atoms with Gasteiger partial charge < -0.3 is 15.2 Å². The predicted octanol–water partition coefficient (Wildman–Crippen LogP) is 3.55. The van der Waals surface area contributed by atoms with Gasteiger partial charge in [0.2, 0.25) is 0 Å². The largest absolute Gasteiger partial charge is 0.508 e. The van der Waals surface area contributed by atoms with Crippen molar-refractivity contribution in [2.75, 3.05) is 5.32 Å². The molecule has 2 aromatic carbocycles. The van der Waals surface area contributed by atoms with Crippen LogP contribution in [0.1, 0.15) is 15.9 Å². The van der Waals surface area contributed by atoms with Crippen LogP contribution in [0.5, 0.6) is 11.5 Å². The Bertz CT molecular complexity index is 642. The molecule has 0 bridgehead atoms. The molecule has 2 rings (SSSR count). The second-order valence-electron chi connectivity index (χ2n) is 4.31. The molecule has 110 valence electrons. The molecule has 1 amide bonds. The van der Waals surface area contributed by atoms with Crippen LogP contribution in [0.25, 0.3) is 0 Å². The first-order valence-electron chi connectivity index (χ1n) is 6.12. The standard InChI is InChI=1S/C15H13F2NO3/c1-9-12(3-2-4-13(9)19)14(20)18-10-5-7-11(8-6-10)21-15(16)17/h2-8,15,19H,1H3,(H,18,20). The van der Waals surface area contributed by atoms with E-state index in [0.29, 0.717) is 16.8 Å². The van der Waals surface area contributed by atoms with Gasteiger partial charge in [-0.2, -0.15) is 8.78 Å². The topological polar surface area (TPSA) is 58.6 Å². The second-order valence-corrected chi connectivity index (χ2v) is 4.31. The summed E-state index contributed by atoms with van der Waals surface area (Å²) in [7, 11) is 0. The number of benzene rings is 2. The zero-order valence-corrected chi connectivity index (χ0v) is 11.1. The van der Waals surface area contributed by atoms with Gasteiger partial charge in [-0.3, -0.25) is 4.79 Å². The first kappa shape index (κ1) is 14.8. The van der Waals surface area contributed by atoms with E-state index < -0.39 is 12.5 Å². The molecular formula is C15H13F2NO3. The lowest BCUT2D eigenvalue weighted by Crippen LogP contribution is -2.13. The number of hydrogen-bond acceptors (Lipinski definition) is 3. The maximum atomic E-state index is 12.1. The van der Waals surface area contributed by atoms with Crippen molar-refractivity contribution in [2.24, 2.45) is 0 Å². The van der Waals surface area contributed by atoms with E-state index >= 15 is 0 Å². The minimum Gasteiger partial charge on any atom is -0.508 e. The smallest absolute Gasteiger partial charge is 0.387 e. The summed E-state index contributed by atoms with van der Waals surface area (Å²) >= 11 is 0. The Kier molecular flexibility index (Phi) is 4.37. The zero-order valence-electron chi connectivity index (χ0n) is 11.1. The summed E-state index contributed by atoms with van der Waals surface area (Å²) < 4.78 is 28.3. The van der Waals surface area contributed by atoms with Crippen LogP contribution in [0, 0.1) is 6.92 Å². The maximum Gasteiger partial charge on any atom is 0.387 e. The molecule has 0 spiro atoms. The summed E-state index contributed by atoms with van der Waals surface area (Å²) in [5.41, 5.74) is 1.24. The molecule has 0 saturated carbocycles. The molecule has 0 aliphatic heterocycles. The number of ether oxygens (including phenoxy) is 1. The minimum absolute atomic E-state index is 0.0107. The van der Waals surface area contributed by atoms with Gasteiger partial charge in [0.05, 0.1) is 0 Å². The van der Waals surface area contributed by atoms with Gasteiger partial charge in [-0.05, 0) is 43.3 Å². The summed E-state index contributed by atoms with van der Waals surface area (Å²) in [6.45, 7) is -1.26. The van der Waals surface area contributed by atoms with Crippen LogP contribution in [-0.2, 0) is 0 Å². The monoisotopic (exact) mass is 293 g/mol. The Balaban J connectivity index is 2.11. The number of aromatic hydroxyl groups is 1. The number of phenols is 1. The van der Waals surface area contributed by atoms with Crippen molar-refractivity contribution >= 4 is 11.6 Å². The number of phenolic OH excluding ortho intramolecular Hbond substituents is 1. The second kappa shape index (κ2) is 6.21. The highest BCUT2D eigenvalue weighted by molar-refractivity contribution is 6.05. The number of amides is 1. The summed E-state index contributed by atoms with van der Waals surface area (Å²) in [5, 5.41) is 12.2. The Morgan fingerprint density at radius 1 is 1.19 bits per heavy atom. The highest BCUT2D eigenvalue weighted by Crippen LogP contribution is 2.22. The fourth-order valence-corrected chi connectivity index (χ4v) is 1.79. The number of hydrogen-bond donors (Lipinski definition) is 2. The molecule has 6 heteroatoms. The van der Waals surface area contributed by atoms with Crippen molar-refractivity contribution in [1.82, 2.24) is 0 Å². The predicted molar refractivity (Wildman–Crippen MR) is 73.9 cm³/mol. The van der Waals surface area contributed by atoms with Crippen LogP contribution < -0.4 is 10.1 Å². The van der Waals surface area contributed by atoms with Gasteiger partial charge in [0, 0.05) is 16.8 Å². The fraction of sp³-hybridized carbons (Fsp3) is 0.133. The SMILES string of the molecule is Cc1c(O)cccc1C(=O)Nc1ccc(OC(F)F)cc1. The molecule has 21 heavy (non-hydrogen) atoms. The third-order valence-electron chi connectivity index (χ3n) is 2.89. The normalized spacial score (nSPS) is 10.5. The van der Waals surface area contributed by atoms with Crippen molar-refractivity contribution in [1.29, 1.82) is 0 Å². The number of carbonyl (C=O) groups is 1. The van der Waals surface area contributed by atoms with Gasteiger partial charge >= 0.3 is 6.61 Å². The molecule has 0 aliphatic rings. The van der Waals surface area contributed by atoms with Gasteiger partial charge in [0.15, 0.2) is 0 Å². The van der Waals surface area contributed by atoms with Crippen molar-refractivity contribution in [3.05, 3.63) is 53.6 Å². The number of alkyl halides is 2. The number of rotatable bonds is 4. The van der Waals surface area contributed by atoms with Gasteiger partial charge in [-0.25, -0.2) is 0 Å². The highest BCUT2D eigenvalue weighted by atomic mass is 19.3. The fourth-order valence-electron chi connectivity index (χ4n) is 1.79. The molecule has 0 atom stereocenters. The van der Waals surface area contributed by atoms with Gasteiger partial charge in [-0.1, -0.05) is 6.07 Å². The van der Waals surface area contributed by atoms with E-state index in [1.54, 1.807) is 19.1 Å². The molecular weight excluding hydrogens is 280 g/mol. The lowest BCUT2D eigenvalue weighted by Gasteiger charge is -2.09. The number of halogens is 2. The van der Waals surface area contributed by atoms with Crippen LogP contribution in [0.3, 0.4) is 0 Å². The van der Waals surface area contributed by atoms with E-state index in [-0.39, 0.29) is 11.5 Å². The van der Waals surface area contributed by atoms with E-state index in [4.69, 9.17) is 0 Å². The Hall–Kier alpha value is -2.63. The highest BCUT2D eigenvalue weighted by Gasteiger charge is 2.12. The summed E-state index contributed by atoms with van der Waals surface area (Å²) in [6.07, 6.45) is 0. The van der Waals surface area contributed by atoms with Crippen molar-refractivity contribution in [3.63, 3.8) is 0 Å². The first-order chi connectivity index (χ1) is 9.97. The average Bonchev–Trinajstić information content (AvgIpc) is 2.43. The number of nitrogens with one attached hydrogen (secondary N) is 1. The Morgan fingerprint density at radius 3 is 2.48 bits per heavy atom. The van der Waals surface area contributed by atoms with E-state index in [0.717, 1.165) is 0 Å². The molecule has 0 saturated heterocycles. The van der Waals surface area contributed by atoms with E-state index in [1.807, 2.05) is 0 Å². The third-order valence-corrected chi connectivity index (χ3v) is 2.89. The summed E-state index contributed by atoms with van der Waals surface area (Å²) in [6, 6.07) is 10.2. The average molecular weight is 293 g/mol. The van der Waals surface area contributed by atoms with Crippen LogP contribution in [0.15, 0.2) is 42.5 Å². The zero-order chi connectivity index (χ0) is 15.4. The molecule has 0 radical (unpaired) electrons. The quantitative estimate of drug-likeness (QED) is 0.906. The summed E-state index contributed by atoms with van der Waals surface area (Å²) in [5.74, 6) is -0.356. The maximum absolute atomic E-state index is 12.1. The minimum atomic E-state index is -2.89. The van der Waals surface area contributed by atoms with Crippen LogP contribution in [0.2, 0.25) is 0 Å². The van der Waals surface area contributed by atoms with Gasteiger partial charge in [0.25, 0.3) is 5.91 Å². The molecule has 4 nitrogen and oxygen atoms in total. The van der Waals surface area contributed by atoms with Crippen LogP contribution in [-0.4, -0.2) is 17.6 Å².